The van der Waals surface area contributed by atoms with E-state index in [2.05, 4.69) is 4.74 Å². The van der Waals surface area contributed by atoms with E-state index in [4.69, 9.17) is 5.73 Å². The second-order valence-corrected chi connectivity index (χ2v) is 6.80. The van der Waals surface area contributed by atoms with Gasteiger partial charge in [-0.3, -0.25) is 4.79 Å². The number of carbonyl (C=O) groups excluding carboxylic acids is 1. The Labute approximate surface area is 103 Å². The lowest BCUT2D eigenvalue weighted by Crippen LogP contribution is -2.43. The number of sulfone groups is 1. The normalized spacial score (nSPS) is 26.9. The highest BCUT2D eigenvalue weighted by atomic mass is 32.2. The minimum absolute atomic E-state index is 0.357. The zero-order valence-electron chi connectivity index (χ0n) is 10.2. The number of methoxy groups -OCH3 is 1. The van der Waals surface area contributed by atoms with Crippen LogP contribution in [0.1, 0.15) is 38.5 Å². The average molecular weight is 263 g/mol. The van der Waals surface area contributed by atoms with Crippen molar-refractivity contribution in [1.29, 1.82) is 0 Å². The summed E-state index contributed by atoms with van der Waals surface area (Å²) in [5, 5.41) is -0.595. The van der Waals surface area contributed by atoms with Crippen molar-refractivity contribution in [3.05, 3.63) is 0 Å². The molecular formula is C11H21NO4S. The summed E-state index contributed by atoms with van der Waals surface area (Å²) in [6, 6.07) is -0.357. The van der Waals surface area contributed by atoms with Gasteiger partial charge in [0.15, 0.2) is 9.84 Å². The van der Waals surface area contributed by atoms with Crippen molar-refractivity contribution >= 4 is 15.8 Å². The van der Waals surface area contributed by atoms with E-state index in [1.165, 1.54) is 7.11 Å². The number of rotatable bonds is 3. The predicted octanol–water partition coefficient (Wildman–Crippen LogP) is 0.624. The number of ether oxygens (including phenoxy) is 1. The molecule has 0 aliphatic heterocycles. The molecule has 0 aromatic carbocycles. The van der Waals surface area contributed by atoms with Gasteiger partial charge in [-0.15, -0.1) is 0 Å². The first kappa shape index (κ1) is 14.4. The monoisotopic (exact) mass is 263 g/mol. The fourth-order valence-corrected chi connectivity index (χ4v) is 4.11. The van der Waals surface area contributed by atoms with Crippen molar-refractivity contribution in [3.8, 4) is 0 Å². The average Bonchev–Trinajstić information content (AvgIpc) is 2.22. The van der Waals surface area contributed by atoms with E-state index in [1.807, 2.05) is 0 Å². The number of hydrogen-bond acceptors (Lipinski definition) is 5. The van der Waals surface area contributed by atoms with Crippen LogP contribution in [-0.4, -0.2) is 38.5 Å². The van der Waals surface area contributed by atoms with Gasteiger partial charge in [0.2, 0.25) is 0 Å². The van der Waals surface area contributed by atoms with E-state index in [0.717, 1.165) is 25.7 Å². The van der Waals surface area contributed by atoms with Crippen molar-refractivity contribution in [1.82, 2.24) is 0 Å². The molecule has 2 unspecified atom stereocenters. The largest absolute Gasteiger partial charge is 0.468 e. The van der Waals surface area contributed by atoms with Crippen molar-refractivity contribution in [3.63, 3.8) is 0 Å². The first-order chi connectivity index (χ1) is 7.97. The predicted molar refractivity (Wildman–Crippen MR) is 65.3 cm³/mol. The molecule has 1 aliphatic carbocycles. The van der Waals surface area contributed by atoms with Gasteiger partial charge >= 0.3 is 5.97 Å². The molecule has 100 valence electrons. The molecule has 2 atom stereocenters. The quantitative estimate of drug-likeness (QED) is 0.754. The summed E-state index contributed by atoms with van der Waals surface area (Å²) in [4.78, 5) is 11.1. The number of carbonyl (C=O) groups is 1. The maximum atomic E-state index is 12.0. The zero-order chi connectivity index (χ0) is 12.9. The van der Waals surface area contributed by atoms with E-state index in [-0.39, 0.29) is 6.04 Å². The maximum absolute atomic E-state index is 12.0. The van der Waals surface area contributed by atoms with Gasteiger partial charge in [-0.2, -0.15) is 0 Å². The highest BCUT2D eigenvalue weighted by Gasteiger charge is 2.33. The van der Waals surface area contributed by atoms with Gasteiger partial charge < -0.3 is 10.5 Å². The van der Waals surface area contributed by atoms with Crippen LogP contribution in [0.25, 0.3) is 0 Å². The molecule has 1 saturated carbocycles. The van der Waals surface area contributed by atoms with Crippen LogP contribution in [0.3, 0.4) is 0 Å². The number of nitrogens with two attached hydrogens (primary N) is 1. The summed E-state index contributed by atoms with van der Waals surface area (Å²) in [5.41, 5.74) is 5.92. The molecular weight excluding hydrogens is 242 g/mol. The van der Waals surface area contributed by atoms with Gasteiger partial charge in [0.1, 0.15) is 5.75 Å². The van der Waals surface area contributed by atoms with E-state index in [9.17, 15) is 13.2 Å². The number of esters is 1. The second kappa shape index (κ2) is 6.35. The van der Waals surface area contributed by atoms with Gasteiger partial charge in [-0.1, -0.05) is 25.7 Å². The Balaban J connectivity index is 2.75. The van der Waals surface area contributed by atoms with E-state index < -0.39 is 26.8 Å². The minimum atomic E-state index is -3.48. The van der Waals surface area contributed by atoms with Crippen LogP contribution in [0.15, 0.2) is 0 Å². The van der Waals surface area contributed by atoms with Gasteiger partial charge in [0, 0.05) is 6.04 Å². The summed E-state index contributed by atoms with van der Waals surface area (Å²) in [5.74, 6) is -1.26. The number of hydrogen-bond donors (Lipinski definition) is 1. The molecule has 0 heterocycles. The molecule has 6 heteroatoms. The third kappa shape index (κ3) is 4.27. The Morgan fingerprint density at radius 1 is 1.24 bits per heavy atom. The molecule has 1 rings (SSSR count). The lowest BCUT2D eigenvalue weighted by Gasteiger charge is -2.25. The van der Waals surface area contributed by atoms with Crippen LogP contribution in [-0.2, 0) is 19.4 Å². The molecule has 1 fully saturated rings. The van der Waals surface area contributed by atoms with Gasteiger partial charge in [-0.25, -0.2) is 8.42 Å². The molecule has 0 aromatic rings. The topological polar surface area (TPSA) is 86.5 Å². The molecule has 2 N–H and O–H groups in total. The van der Waals surface area contributed by atoms with Crippen molar-refractivity contribution in [2.75, 3.05) is 12.9 Å². The van der Waals surface area contributed by atoms with Crippen LogP contribution in [0.2, 0.25) is 0 Å². The van der Waals surface area contributed by atoms with Crippen LogP contribution in [0.4, 0.5) is 0 Å². The van der Waals surface area contributed by atoms with E-state index >= 15 is 0 Å². The summed E-state index contributed by atoms with van der Waals surface area (Å²) in [6.45, 7) is 0. The molecule has 0 bridgehead atoms. The highest BCUT2D eigenvalue weighted by Crippen LogP contribution is 2.22. The fraction of sp³-hybridized carbons (Fsp3) is 0.909. The summed E-state index contributed by atoms with van der Waals surface area (Å²) < 4.78 is 28.5. The lowest BCUT2D eigenvalue weighted by atomic mass is 9.97. The minimum Gasteiger partial charge on any atom is -0.468 e. The van der Waals surface area contributed by atoms with Crippen LogP contribution in [0, 0.1) is 0 Å². The molecule has 0 amide bonds. The van der Waals surface area contributed by atoms with Crippen LogP contribution >= 0.6 is 0 Å². The first-order valence-electron chi connectivity index (χ1n) is 6.01. The van der Waals surface area contributed by atoms with Gasteiger partial charge in [0.25, 0.3) is 0 Å². The Morgan fingerprint density at radius 3 is 2.41 bits per heavy atom. The van der Waals surface area contributed by atoms with Crippen molar-refractivity contribution in [2.45, 2.75) is 49.8 Å². The lowest BCUT2D eigenvalue weighted by molar-refractivity contribution is -0.137. The van der Waals surface area contributed by atoms with Crippen LogP contribution in [0.5, 0.6) is 0 Å². The third-order valence-electron chi connectivity index (χ3n) is 3.26. The molecule has 0 spiro atoms. The zero-order valence-corrected chi connectivity index (χ0v) is 11.0. The second-order valence-electron chi connectivity index (χ2n) is 4.58. The fourth-order valence-electron chi connectivity index (χ4n) is 2.26. The van der Waals surface area contributed by atoms with Gasteiger partial charge in [-0.05, 0) is 12.8 Å². The smallest absolute Gasteiger partial charge is 0.320 e. The van der Waals surface area contributed by atoms with Gasteiger partial charge in [0.05, 0.1) is 12.4 Å². The van der Waals surface area contributed by atoms with E-state index in [1.54, 1.807) is 0 Å². The van der Waals surface area contributed by atoms with Crippen molar-refractivity contribution in [2.24, 2.45) is 5.73 Å². The third-order valence-corrected chi connectivity index (χ3v) is 5.41. The Bertz CT molecular complexity index is 352. The summed E-state index contributed by atoms with van der Waals surface area (Å²) in [6.07, 6.45) is 5.24. The van der Waals surface area contributed by atoms with Crippen molar-refractivity contribution < 1.29 is 17.9 Å². The molecule has 0 saturated heterocycles. The highest BCUT2D eigenvalue weighted by molar-refractivity contribution is 7.92. The van der Waals surface area contributed by atoms with E-state index in [0.29, 0.717) is 12.8 Å². The maximum Gasteiger partial charge on any atom is 0.320 e. The molecule has 5 nitrogen and oxygen atoms in total. The SMILES string of the molecule is COC(=O)CS(=O)(=O)C1CCCCCCC1N. The molecule has 1 aliphatic rings. The summed E-state index contributed by atoms with van der Waals surface area (Å²) >= 11 is 0. The Morgan fingerprint density at radius 2 is 1.82 bits per heavy atom. The molecule has 0 aromatic heterocycles. The summed E-state index contributed by atoms with van der Waals surface area (Å²) in [7, 11) is -2.29. The Kier molecular flexibility index (Phi) is 5.39. The molecule has 17 heavy (non-hydrogen) atoms. The molecule has 0 radical (unpaired) electrons. The van der Waals surface area contributed by atoms with Crippen LogP contribution < -0.4 is 5.73 Å². The first-order valence-corrected chi connectivity index (χ1v) is 7.73. The standard InChI is InChI=1S/C11H21NO4S/c1-16-11(13)8-17(14,15)10-7-5-3-2-4-6-9(10)12/h9-10H,2-8,12H2,1H3. The Hall–Kier alpha value is -0.620.